The first-order valence-corrected chi connectivity index (χ1v) is 6.41. The molecule has 2 aliphatic rings. The smallest absolute Gasteiger partial charge is 0.308 e. The Morgan fingerprint density at radius 2 is 1.62 bits per heavy atom. The summed E-state index contributed by atoms with van der Waals surface area (Å²) in [6.07, 6.45) is 8.32. The molecule has 16 heavy (non-hydrogen) atoms. The largest absolute Gasteiger partial charge is 0.469 e. The summed E-state index contributed by atoms with van der Waals surface area (Å²) in [4.78, 5) is 11.4. The standard InChI is InChI=1S/C13H22O3/c1-16-12(15)10-2-6-13(7-3-10)8-4-11(14)5-9-13/h10-11,14H,2-9H2,1H3. The highest BCUT2D eigenvalue weighted by atomic mass is 16.5. The third-order valence-electron chi connectivity index (χ3n) is 4.60. The monoisotopic (exact) mass is 226 g/mol. The van der Waals surface area contributed by atoms with Gasteiger partial charge in [0.2, 0.25) is 0 Å². The van der Waals surface area contributed by atoms with E-state index in [1.807, 2.05) is 0 Å². The molecule has 2 fully saturated rings. The van der Waals surface area contributed by atoms with Crippen molar-refractivity contribution in [3.8, 4) is 0 Å². The lowest BCUT2D eigenvalue weighted by Gasteiger charge is -2.43. The highest BCUT2D eigenvalue weighted by Gasteiger charge is 2.39. The first-order chi connectivity index (χ1) is 7.65. The van der Waals surface area contributed by atoms with Crippen LogP contribution in [0, 0.1) is 11.3 Å². The number of aliphatic hydroxyl groups excluding tert-OH is 1. The SMILES string of the molecule is COC(=O)C1CCC2(CCC(O)CC2)CC1. The van der Waals surface area contributed by atoms with Gasteiger partial charge < -0.3 is 9.84 Å². The van der Waals surface area contributed by atoms with Crippen molar-refractivity contribution >= 4 is 5.97 Å². The molecule has 0 aromatic heterocycles. The molecule has 0 aromatic rings. The zero-order chi connectivity index (χ0) is 11.6. The molecule has 2 aliphatic carbocycles. The Labute approximate surface area is 97.2 Å². The topological polar surface area (TPSA) is 46.5 Å². The molecular formula is C13H22O3. The lowest BCUT2D eigenvalue weighted by molar-refractivity contribution is -0.147. The molecule has 0 bridgehead atoms. The van der Waals surface area contributed by atoms with Gasteiger partial charge >= 0.3 is 5.97 Å². The number of methoxy groups -OCH3 is 1. The molecule has 0 amide bonds. The zero-order valence-corrected chi connectivity index (χ0v) is 10.1. The van der Waals surface area contributed by atoms with Gasteiger partial charge in [0, 0.05) is 0 Å². The van der Waals surface area contributed by atoms with Crippen LogP contribution in [-0.2, 0) is 9.53 Å². The first kappa shape index (κ1) is 11.9. The Morgan fingerprint density at radius 1 is 1.12 bits per heavy atom. The molecule has 0 radical (unpaired) electrons. The number of carbonyl (C=O) groups excluding carboxylic acids is 1. The van der Waals surface area contributed by atoms with Crippen LogP contribution in [0.4, 0.5) is 0 Å². The predicted molar refractivity (Wildman–Crippen MR) is 60.9 cm³/mol. The van der Waals surface area contributed by atoms with E-state index in [0.717, 1.165) is 51.4 Å². The van der Waals surface area contributed by atoms with Gasteiger partial charge in [-0.1, -0.05) is 0 Å². The van der Waals surface area contributed by atoms with Crippen molar-refractivity contribution < 1.29 is 14.6 Å². The molecule has 0 heterocycles. The van der Waals surface area contributed by atoms with E-state index >= 15 is 0 Å². The second-order valence-electron chi connectivity index (χ2n) is 5.53. The van der Waals surface area contributed by atoms with Crippen LogP contribution in [0.25, 0.3) is 0 Å². The van der Waals surface area contributed by atoms with Gasteiger partial charge in [-0.3, -0.25) is 4.79 Å². The average molecular weight is 226 g/mol. The van der Waals surface area contributed by atoms with Crippen molar-refractivity contribution in [3.63, 3.8) is 0 Å². The van der Waals surface area contributed by atoms with Gasteiger partial charge in [0.15, 0.2) is 0 Å². The summed E-state index contributed by atoms with van der Waals surface area (Å²) >= 11 is 0. The molecule has 2 rings (SSSR count). The van der Waals surface area contributed by atoms with Gasteiger partial charge in [0.05, 0.1) is 19.1 Å². The number of rotatable bonds is 1. The van der Waals surface area contributed by atoms with Crippen molar-refractivity contribution in [3.05, 3.63) is 0 Å². The minimum Gasteiger partial charge on any atom is -0.469 e. The number of carbonyl (C=O) groups is 1. The Hall–Kier alpha value is -0.570. The molecule has 1 spiro atoms. The van der Waals surface area contributed by atoms with Crippen molar-refractivity contribution in [2.75, 3.05) is 7.11 Å². The Morgan fingerprint density at radius 3 is 2.12 bits per heavy atom. The molecular weight excluding hydrogens is 204 g/mol. The predicted octanol–water partition coefficient (Wildman–Crippen LogP) is 2.27. The number of ether oxygens (including phenoxy) is 1. The van der Waals surface area contributed by atoms with Gasteiger partial charge in [-0.2, -0.15) is 0 Å². The fraction of sp³-hybridized carbons (Fsp3) is 0.923. The second-order valence-corrected chi connectivity index (χ2v) is 5.53. The molecule has 92 valence electrons. The summed E-state index contributed by atoms with van der Waals surface area (Å²) in [7, 11) is 1.48. The number of hydrogen-bond acceptors (Lipinski definition) is 3. The summed E-state index contributed by atoms with van der Waals surface area (Å²) in [5.74, 6) is 0.0909. The van der Waals surface area contributed by atoms with Crippen molar-refractivity contribution in [2.24, 2.45) is 11.3 Å². The molecule has 0 unspecified atom stereocenters. The van der Waals surface area contributed by atoms with E-state index in [9.17, 15) is 9.90 Å². The number of hydrogen-bond donors (Lipinski definition) is 1. The maximum Gasteiger partial charge on any atom is 0.308 e. The normalized spacial score (nSPS) is 39.6. The molecule has 2 saturated carbocycles. The Bertz CT molecular complexity index is 244. The molecule has 3 heteroatoms. The van der Waals surface area contributed by atoms with Gasteiger partial charge in [-0.05, 0) is 56.8 Å². The van der Waals surface area contributed by atoms with Crippen LogP contribution >= 0.6 is 0 Å². The fourth-order valence-electron chi connectivity index (χ4n) is 3.35. The lowest BCUT2D eigenvalue weighted by Crippen LogP contribution is -2.35. The van der Waals surface area contributed by atoms with Crippen LogP contribution in [0.5, 0.6) is 0 Å². The van der Waals surface area contributed by atoms with Gasteiger partial charge in [-0.25, -0.2) is 0 Å². The first-order valence-electron chi connectivity index (χ1n) is 6.41. The summed E-state index contributed by atoms with van der Waals surface area (Å²) < 4.78 is 4.80. The van der Waals surface area contributed by atoms with E-state index in [0.29, 0.717) is 5.41 Å². The van der Waals surface area contributed by atoms with Crippen LogP contribution in [0.2, 0.25) is 0 Å². The molecule has 1 N–H and O–H groups in total. The molecule has 0 atom stereocenters. The molecule has 3 nitrogen and oxygen atoms in total. The third kappa shape index (κ3) is 2.40. The summed E-state index contributed by atoms with van der Waals surface area (Å²) in [5, 5.41) is 9.53. The zero-order valence-electron chi connectivity index (χ0n) is 10.1. The fourth-order valence-corrected chi connectivity index (χ4v) is 3.35. The van der Waals surface area contributed by atoms with Crippen LogP contribution < -0.4 is 0 Å². The minimum absolute atomic E-state index is 0.0364. The van der Waals surface area contributed by atoms with Crippen LogP contribution in [-0.4, -0.2) is 24.3 Å². The summed E-state index contributed by atoms with van der Waals surface area (Å²) in [5.41, 5.74) is 0.434. The van der Waals surface area contributed by atoms with E-state index in [2.05, 4.69) is 0 Å². The minimum atomic E-state index is -0.0797. The highest BCUT2D eigenvalue weighted by molar-refractivity contribution is 5.72. The molecule has 0 aromatic carbocycles. The Kier molecular flexibility index (Phi) is 3.53. The third-order valence-corrected chi connectivity index (χ3v) is 4.60. The lowest BCUT2D eigenvalue weighted by atomic mass is 9.63. The highest BCUT2D eigenvalue weighted by Crippen LogP contribution is 2.48. The van der Waals surface area contributed by atoms with Gasteiger partial charge in [-0.15, -0.1) is 0 Å². The van der Waals surface area contributed by atoms with Crippen LogP contribution in [0.15, 0.2) is 0 Å². The average Bonchev–Trinajstić information content (AvgIpc) is 2.33. The van der Waals surface area contributed by atoms with E-state index in [1.165, 1.54) is 7.11 Å². The van der Waals surface area contributed by atoms with E-state index in [-0.39, 0.29) is 18.0 Å². The Balaban J connectivity index is 1.87. The van der Waals surface area contributed by atoms with Crippen molar-refractivity contribution in [1.29, 1.82) is 0 Å². The van der Waals surface area contributed by atoms with E-state index < -0.39 is 0 Å². The van der Waals surface area contributed by atoms with Crippen LogP contribution in [0.1, 0.15) is 51.4 Å². The number of esters is 1. The summed E-state index contributed by atoms with van der Waals surface area (Å²) in [6, 6.07) is 0. The summed E-state index contributed by atoms with van der Waals surface area (Å²) in [6.45, 7) is 0. The van der Waals surface area contributed by atoms with Gasteiger partial charge in [0.1, 0.15) is 0 Å². The molecule has 0 saturated heterocycles. The quantitative estimate of drug-likeness (QED) is 0.698. The van der Waals surface area contributed by atoms with Crippen LogP contribution in [0.3, 0.4) is 0 Å². The maximum atomic E-state index is 11.4. The van der Waals surface area contributed by atoms with Gasteiger partial charge in [0.25, 0.3) is 0 Å². The molecule has 0 aliphatic heterocycles. The van der Waals surface area contributed by atoms with Crippen molar-refractivity contribution in [1.82, 2.24) is 0 Å². The number of aliphatic hydroxyl groups is 1. The maximum absolute atomic E-state index is 11.4. The van der Waals surface area contributed by atoms with E-state index in [1.54, 1.807) is 0 Å². The van der Waals surface area contributed by atoms with E-state index in [4.69, 9.17) is 4.74 Å². The second kappa shape index (κ2) is 4.74. The van der Waals surface area contributed by atoms with Crippen molar-refractivity contribution in [2.45, 2.75) is 57.5 Å².